The third-order valence-corrected chi connectivity index (χ3v) is 7.75. The highest BCUT2D eigenvalue weighted by molar-refractivity contribution is 7.09. The minimum Gasteiger partial charge on any atom is -0.389 e. The zero-order valence-electron chi connectivity index (χ0n) is 24.4. The van der Waals surface area contributed by atoms with E-state index in [1.807, 2.05) is 49.6 Å². The van der Waals surface area contributed by atoms with Crippen LogP contribution in [0.2, 0.25) is 0 Å². The topological polar surface area (TPSA) is 125 Å². The van der Waals surface area contributed by atoms with Crippen molar-refractivity contribution >= 4 is 34.6 Å². The number of hydrogen-bond acceptors (Lipinski definition) is 7. The van der Waals surface area contributed by atoms with Crippen molar-refractivity contribution in [3.05, 3.63) is 124 Å². The molecule has 0 spiro atoms. The van der Waals surface area contributed by atoms with Crippen molar-refractivity contribution in [3.63, 3.8) is 0 Å². The molecule has 222 valence electrons. The molecule has 0 saturated carbocycles. The molecule has 0 aliphatic rings. The fourth-order valence-corrected chi connectivity index (χ4v) is 5.23. The monoisotopic (exact) mass is 597 g/mol. The average Bonchev–Trinajstić information content (AvgIpc) is 3.43. The first-order chi connectivity index (χ1) is 20.6. The molecule has 9 nitrogen and oxygen atoms in total. The molecule has 0 aliphatic heterocycles. The second kappa shape index (κ2) is 14.5. The fraction of sp³-hybridized carbons (Fsp3) is 0.242. The number of pyridine rings is 1. The first-order valence-corrected chi connectivity index (χ1v) is 14.7. The van der Waals surface area contributed by atoms with Gasteiger partial charge in [-0.1, -0.05) is 43.0 Å². The van der Waals surface area contributed by atoms with Crippen LogP contribution in [0.1, 0.15) is 59.8 Å². The highest BCUT2D eigenvalue weighted by Gasteiger charge is 2.24. The second-order valence-electron chi connectivity index (χ2n) is 10.4. The van der Waals surface area contributed by atoms with Gasteiger partial charge in [-0.05, 0) is 61.2 Å². The molecule has 0 fully saturated rings. The van der Waals surface area contributed by atoms with E-state index in [4.69, 9.17) is 0 Å². The van der Waals surface area contributed by atoms with Gasteiger partial charge in [0.1, 0.15) is 5.01 Å². The van der Waals surface area contributed by atoms with Crippen LogP contribution in [0.4, 0.5) is 0 Å². The number of nitrogens with zero attached hydrogens (tertiary/aromatic N) is 3. The van der Waals surface area contributed by atoms with Crippen molar-refractivity contribution in [1.82, 2.24) is 25.5 Å². The first-order valence-electron chi connectivity index (χ1n) is 13.8. The molecule has 0 aliphatic carbocycles. The molecule has 2 atom stereocenters. The molecule has 0 bridgehead atoms. The maximum atomic E-state index is 13.4. The van der Waals surface area contributed by atoms with Gasteiger partial charge in [-0.2, -0.15) is 0 Å². The summed E-state index contributed by atoms with van der Waals surface area (Å²) in [6.07, 6.45) is 2.29. The molecule has 2 aromatic heterocycles. The molecular formula is C33H35N5O4S. The molecule has 3 amide bonds. The smallest absolute Gasteiger partial charge is 0.253 e. The summed E-state index contributed by atoms with van der Waals surface area (Å²) in [5.41, 5.74) is 4.31. The predicted molar refractivity (Wildman–Crippen MR) is 168 cm³/mol. The Morgan fingerprint density at radius 1 is 0.977 bits per heavy atom. The summed E-state index contributed by atoms with van der Waals surface area (Å²) in [6, 6.07) is 16.9. The van der Waals surface area contributed by atoms with Crippen molar-refractivity contribution in [2.24, 2.45) is 0 Å². The van der Waals surface area contributed by atoms with Crippen molar-refractivity contribution in [2.45, 2.75) is 39.0 Å². The van der Waals surface area contributed by atoms with Crippen LogP contribution in [0.15, 0.2) is 85.0 Å². The molecule has 0 radical (unpaired) electrons. The number of aliphatic hydroxyl groups excluding tert-OH is 1. The Morgan fingerprint density at radius 2 is 1.67 bits per heavy atom. The quantitative estimate of drug-likeness (QED) is 0.224. The van der Waals surface area contributed by atoms with Gasteiger partial charge in [-0.25, -0.2) is 4.98 Å². The lowest BCUT2D eigenvalue weighted by molar-refractivity contribution is 0.0784. The Labute approximate surface area is 255 Å². The van der Waals surface area contributed by atoms with E-state index in [9.17, 15) is 19.5 Å². The molecule has 0 unspecified atom stereocenters. The summed E-state index contributed by atoms with van der Waals surface area (Å²) in [5, 5.41) is 19.5. The normalized spacial score (nSPS) is 12.2. The van der Waals surface area contributed by atoms with Gasteiger partial charge in [0.15, 0.2) is 0 Å². The molecule has 43 heavy (non-hydrogen) atoms. The van der Waals surface area contributed by atoms with Crippen molar-refractivity contribution in [1.29, 1.82) is 0 Å². The summed E-state index contributed by atoms with van der Waals surface area (Å²) in [4.78, 5) is 49.4. The molecule has 2 heterocycles. The number of aryl methyl sites for hydroxylation is 1. The Kier molecular flexibility index (Phi) is 10.5. The minimum atomic E-state index is -1.11. The van der Waals surface area contributed by atoms with Crippen molar-refractivity contribution in [2.75, 3.05) is 13.6 Å². The van der Waals surface area contributed by atoms with E-state index in [1.165, 1.54) is 23.6 Å². The molecule has 3 N–H and O–H groups in total. The van der Waals surface area contributed by atoms with Gasteiger partial charge >= 0.3 is 0 Å². The van der Waals surface area contributed by atoms with Crippen LogP contribution >= 0.6 is 11.3 Å². The van der Waals surface area contributed by atoms with Gasteiger partial charge in [0.25, 0.3) is 17.7 Å². The van der Waals surface area contributed by atoms with Gasteiger partial charge < -0.3 is 20.6 Å². The SMILES string of the molecule is C=C(C)c1cncc(C(=O)NC[C@@H](O)[C@H](Cc2ccccc2)NC(=O)c2cccc(C(=O)N(C)Cc3nc(C)cs3)c2)c1. The van der Waals surface area contributed by atoms with Crippen LogP contribution < -0.4 is 10.6 Å². The van der Waals surface area contributed by atoms with Crippen LogP contribution in [0.25, 0.3) is 5.57 Å². The van der Waals surface area contributed by atoms with Gasteiger partial charge in [0.05, 0.1) is 24.3 Å². The van der Waals surface area contributed by atoms with E-state index < -0.39 is 24.0 Å². The number of amides is 3. The lowest BCUT2D eigenvalue weighted by atomic mass is 10.00. The minimum absolute atomic E-state index is 0.104. The number of aromatic nitrogens is 2. The third kappa shape index (κ3) is 8.67. The standard InChI is InChI=1S/C33H35N5O4S/c1-21(2)26-15-27(17-34-16-26)31(40)35-18-29(39)28(13-23-9-6-5-7-10-23)37-32(41)24-11-8-12-25(14-24)33(42)38(4)19-30-36-22(3)20-43-30/h5-12,14-17,20,28-29,39H,1,13,18-19H2,2-4H3,(H,35,40)(H,37,41)/t28-,29+/m0/s1. The van der Waals surface area contributed by atoms with Crippen LogP contribution in [-0.2, 0) is 13.0 Å². The largest absolute Gasteiger partial charge is 0.389 e. The number of thiazole rings is 1. The highest BCUT2D eigenvalue weighted by atomic mass is 32.1. The van der Waals surface area contributed by atoms with E-state index in [2.05, 4.69) is 27.2 Å². The molecule has 0 saturated heterocycles. The Hall–Kier alpha value is -4.67. The molecule has 4 rings (SSSR count). The van der Waals surface area contributed by atoms with Crippen molar-refractivity contribution in [3.8, 4) is 0 Å². The Bertz CT molecular complexity index is 1600. The number of hydrogen-bond donors (Lipinski definition) is 3. The molecule has 10 heteroatoms. The van der Waals surface area contributed by atoms with E-state index >= 15 is 0 Å². The lowest BCUT2D eigenvalue weighted by Crippen LogP contribution is -2.49. The van der Waals surface area contributed by atoms with Gasteiger partial charge in [0, 0.05) is 48.2 Å². The summed E-state index contributed by atoms with van der Waals surface area (Å²) in [6.45, 7) is 7.87. The van der Waals surface area contributed by atoms with Crippen LogP contribution in [0.5, 0.6) is 0 Å². The predicted octanol–water partition coefficient (Wildman–Crippen LogP) is 4.28. The van der Waals surface area contributed by atoms with E-state index in [0.29, 0.717) is 24.1 Å². The maximum absolute atomic E-state index is 13.4. The number of benzene rings is 2. The number of aliphatic hydroxyl groups is 1. The number of carbonyl (C=O) groups is 3. The first kappa shape index (κ1) is 31.3. The number of allylic oxidation sites excluding steroid dienone is 1. The van der Waals surface area contributed by atoms with E-state index in [0.717, 1.165) is 27.4 Å². The van der Waals surface area contributed by atoms with E-state index in [-0.39, 0.29) is 18.0 Å². The van der Waals surface area contributed by atoms with Gasteiger partial charge in [0.2, 0.25) is 0 Å². The zero-order chi connectivity index (χ0) is 30.9. The third-order valence-electron chi connectivity index (χ3n) is 6.80. The number of rotatable bonds is 12. The van der Waals surface area contributed by atoms with Crippen LogP contribution in [0.3, 0.4) is 0 Å². The van der Waals surface area contributed by atoms with Gasteiger partial charge in [-0.15, -0.1) is 11.3 Å². The Balaban J connectivity index is 1.45. The summed E-state index contributed by atoms with van der Waals surface area (Å²) >= 11 is 1.49. The Morgan fingerprint density at radius 3 is 2.37 bits per heavy atom. The van der Waals surface area contributed by atoms with Crippen LogP contribution in [-0.4, -0.2) is 63.4 Å². The zero-order valence-corrected chi connectivity index (χ0v) is 25.2. The second-order valence-corrected chi connectivity index (χ2v) is 11.4. The summed E-state index contributed by atoms with van der Waals surface area (Å²) in [5.74, 6) is -1.09. The highest BCUT2D eigenvalue weighted by Crippen LogP contribution is 2.15. The number of carbonyl (C=O) groups excluding carboxylic acids is 3. The van der Waals surface area contributed by atoms with Crippen molar-refractivity contribution < 1.29 is 19.5 Å². The average molecular weight is 598 g/mol. The number of nitrogens with one attached hydrogen (secondary N) is 2. The molecule has 2 aromatic carbocycles. The van der Waals surface area contributed by atoms with E-state index in [1.54, 1.807) is 42.4 Å². The van der Waals surface area contributed by atoms with Gasteiger partial charge in [-0.3, -0.25) is 19.4 Å². The molecular weight excluding hydrogens is 562 g/mol. The van der Waals surface area contributed by atoms with Crippen LogP contribution in [0, 0.1) is 6.92 Å². The molecule has 4 aromatic rings. The lowest BCUT2D eigenvalue weighted by Gasteiger charge is -2.25. The fourth-order valence-electron chi connectivity index (χ4n) is 4.41. The summed E-state index contributed by atoms with van der Waals surface area (Å²) < 4.78 is 0. The maximum Gasteiger partial charge on any atom is 0.253 e. The summed E-state index contributed by atoms with van der Waals surface area (Å²) in [7, 11) is 1.69.